The van der Waals surface area contributed by atoms with Crippen LogP contribution in [0.3, 0.4) is 0 Å². The van der Waals surface area contributed by atoms with Crippen molar-refractivity contribution in [2.45, 2.75) is 19.4 Å². The monoisotopic (exact) mass is 423 g/mol. The molecule has 0 saturated carbocycles. The molecule has 1 amide bonds. The number of nitrogens with one attached hydrogen (secondary N) is 1. The van der Waals surface area contributed by atoms with E-state index in [4.69, 9.17) is 9.47 Å². The van der Waals surface area contributed by atoms with E-state index in [2.05, 4.69) is 27.9 Å². The summed E-state index contributed by atoms with van der Waals surface area (Å²) in [4.78, 5) is 12.4. The number of hydrogen-bond donors (Lipinski definition) is 1. The molecule has 0 aromatic heterocycles. The highest BCUT2D eigenvalue weighted by Crippen LogP contribution is 2.32. The first kappa shape index (κ1) is 16.1. The van der Waals surface area contributed by atoms with Crippen LogP contribution in [0.15, 0.2) is 42.5 Å². The second-order valence-electron chi connectivity index (χ2n) is 5.46. The van der Waals surface area contributed by atoms with Crippen LogP contribution >= 0.6 is 22.6 Å². The smallest absolute Gasteiger partial charge is 0.251 e. The lowest BCUT2D eigenvalue weighted by atomic mass is 10.1. The number of hydrogen-bond acceptors (Lipinski definition) is 3. The Balaban J connectivity index is 1.74. The zero-order valence-corrected chi connectivity index (χ0v) is 15.0. The van der Waals surface area contributed by atoms with Crippen LogP contribution in [-0.2, 0) is 0 Å². The molecule has 0 aliphatic carbocycles. The van der Waals surface area contributed by atoms with Crippen molar-refractivity contribution in [1.29, 1.82) is 0 Å². The quantitative estimate of drug-likeness (QED) is 0.761. The molecular weight excluding hydrogens is 405 g/mol. The summed E-state index contributed by atoms with van der Waals surface area (Å²) in [6, 6.07) is 13.2. The van der Waals surface area contributed by atoms with Crippen LogP contribution in [-0.4, -0.2) is 19.1 Å². The number of carbonyl (C=O) groups is 1. The molecule has 4 nitrogen and oxygen atoms in total. The molecule has 1 N–H and O–H groups in total. The van der Waals surface area contributed by atoms with Crippen molar-refractivity contribution in [1.82, 2.24) is 5.32 Å². The molecule has 2 aromatic rings. The summed E-state index contributed by atoms with van der Waals surface area (Å²) in [5.41, 5.74) is 1.66. The normalized spacial score (nSPS) is 14.7. The summed E-state index contributed by atoms with van der Waals surface area (Å²) in [6.45, 7) is 3.29. The molecule has 0 spiro atoms. The van der Waals surface area contributed by atoms with Crippen molar-refractivity contribution in [3.05, 3.63) is 57.2 Å². The van der Waals surface area contributed by atoms with Gasteiger partial charge in [-0.2, -0.15) is 0 Å². The van der Waals surface area contributed by atoms with Gasteiger partial charge in [-0.15, -0.1) is 0 Å². The van der Waals surface area contributed by atoms with Gasteiger partial charge in [0, 0.05) is 15.6 Å². The van der Waals surface area contributed by atoms with Crippen LogP contribution in [0.4, 0.5) is 0 Å². The second kappa shape index (κ2) is 7.21. The van der Waals surface area contributed by atoms with Gasteiger partial charge in [0.2, 0.25) is 0 Å². The van der Waals surface area contributed by atoms with Crippen molar-refractivity contribution in [2.24, 2.45) is 0 Å². The average Bonchev–Trinajstić information content (AvgIpc) is 2.79. The highest BCUT2D eigenvalue weighted by atomic mass is 127. The molecule has 0 saturated heterocycles. The number of fused-ring (bicyclic) bond motifs is 1. The Kier molecular flexibility index (Phi) is 5.05. The van der Waals surface area contributed by atoms with Gasteiger partial charge in [-0.05, 0) is 65.4 Å². The SMILES string of the molecule is CC(NC(=O)c1cccc(I)c1)c1ccc2c(c1)OCCCO2. The maximum Gasteiger partial charge on any atom is 0.251 e. The summed E-state index contributed by atoms with van der Waals surface area (Å²) >= 11 is 2.20. The van der Waals surface area contributed by atoms with Gasteiger partial charge >= 0.3 is 0 Å². The first-order valence-corrected chi connectivity index (χ1v) is 8.67. The van der Waals surface area contributed by atoms with Crippen LogP contribution in [0.1, 0.15) is 35.3 Å². The van der Waals surface area contributed by atoms with Crippen LogP contribution in [0, 0.1) is 3.57 Å². The van der Waals surface area contributed by atoms with E-state index in [1.807, 2.05) is 49.4 Å². The Morgan fingerprint density at radius 1 is 1.13 bits per heavy atom. The number of ether oxygens (including phenoxy) is 2. The fraction of sp³-hybridized carbons (Fsp3) is 0.278. The van der Waals surface area contributed by atoms with Crippen LogP contribution < -0.4 is 14.8 Å². The largest absolute Gasteiger partial charge is 0.490 e. The van der Waals surface area contributed by atoms with Gasteiger partial charge in [0.05, 0.1) is 19.3 Å². The van der Waals surface area contributed by atoms with E-state index in [9.17, 15) is 4.79 Å². The van der Waals surface area contributed by atoms with E-state index >= 15 is 0 Å². The van der Waals surface area contributed by atoms with E-state index in [0.29, 0.717) is 18.8 Å². The van der Waals surface area contributed by atoms with Crippen molar-refractivity contribution in [3.63, 3.8) is 0 Å². The van der Waals surface area contributed by atoms with Gasteiger partial charge in [0.1, 0.15) is 0 Å². The number of carbonyl (C=O) groups excluding carboxylic acids is 1. The van der Waals surface area contributed by atoms with Crippen molar-refractivity contribution < 1.29 is 14.3 Å². The molecule has 0 fully saturated rings. The molecule has 0 bridgehead atoms. The van der Waals surface area contributed by atoms with E-state index in [-0.39, 0.29) is 11.9 Å². The standard InChI is InChI=1S/C18H18INO3/c1-12(20-18(21)14-4-2-5-15(19)10-14)13-6-7-16-17(11-13)23-9-3-8-22-16/h2,4-7,10-12H,3,8-9H2,1H3,(H,20,21). The Morgan fingerprint density at radius 2 is 1.91 bits per heavy atom. The molecular formula is C18H18INO3. The first-order chi connectivity index (χ1) is 11.1. The zero-order chi connectivity index (χ0) is 16.2. The van der Waals surface area contributed by atoms with E-state index in [1.54, 1.807) is 0 Å². The van der Waals surface area contributed by atoms with E-state index in [0.717, 1.165) is 27.1 Å². The Morgan fingerprint density at radius 3 is 2.70 bits per heavy atom. The molecule has 1 heterocycles. The average molecular weight is 423 g/mol. The minimum absolute atomic E-state index is 0.0804. The highest BCUT2D eigenvalue weighted by Gasteiger charge is 2.16. The van der Waals surface area contributed by atoms with Crippen molar-refractivity contribution in [3.8, 4) is 11.5 Å². The number of halogens is 1. The summed E-state index contributed by atoms with van der Waals surface area (Å²) < 4.78 is 12.4. The van der Waals surface area contributed by atoms with Crippen molar-refractivity contribution >= 4 is 28.5 Å². The van der Waals surface area contributed by atoms with Gasteiger partial charge in [-0.25, -0.2) is 0 Å². The number of benzene rings is 2. The molecule has 1 unspecified atom stereocenters. The van der Waals surface area contributed by atoms with Gasteiger partial charge in [0.25, 0.3) is 5.91 Å². The third-order valence-electron chi connectivity index (χ3n) is 3.71. The van der Waals surface area contributed by atoms with Crippen molar-refractivity contribution in [2.75, 3.05) is 13.2 Å². The van der Waals surface area contributed by atoms with Gasteiger partial charge in [-0.1, -0.05) is 12.1 Å². The lowest BCUT2D eigenvalue weighted by Gasteiger charge is -2.16. The Hall–Kier alpha value is -1.76. The molecule has 0 radical (unpaired) electrons. The minimum Gasteiger partial charge on any atom is -0.490 e. The summed E-state index contributed by atoms with van der Waals surface area (Å²) in [5, 5.41) is 3.02. The third-order valence-corrected chi connectivity index (χ3v) is 4.38. The molecule has 1 aliphatic rings. The topological polar surface area (TPSA) is 47.6 Å². The lowest BCUT2D eigenvalue weighted by Crippen LogP contribution is -2.26. The molecule has 23 heavy (non-hydrogen) atoms. The fourth-order valence-electron chi connectivity index (χ4n) is 2.44. The van der Waals surface area contributed by atoms with Gasteiger partial charge in [0.15, 0.2) is 11.5 Å². The molecule has 1 atom stereocenters. The van der Waals surface area contributed by atoms with Gasteiger partial charge in [-0.3, -0.25) is 4.79 Å². The Bertz CT molecular complexity index is 717. The fourth-order valence-corrected chi connectivity index (χ4v) is 2.99. The molecule has 120 valence electrons. The third kappa shape index (κ3) is 3.96. The number of amides is 1. The molecule has 1 aliphatic heterocycles. The number of rotatable bonds is 3. The lowest BCUT2D eigenvalue weighted by molar-refractivity contribution is 0.0939. The molecule has 5 heteroatoms. The van der Waals surface area contributed by atoms with Crippen LogP contribution in [0.2, 0.25) is 0 Å². The molecule has 3 rings (SSSR count). The van der Waals surface area contributed by atoms with Crippen LogP contribution in [0.25, 0.3) is 0 Å². The first-order valence-electron chi connectivity index (χ1n) is 7.59. The summed E-state index contributed by atoms with van der Waals surface area (Å²) in [7, 11) is 0. The van der Waals surface area contributed by atoms with E-state index < -0.39 is 0 Å². The predicted molar refractivity (Wildman–Crippen MR) is 97.1 cm³/mol. The van der Waals surface area contributed by atoms with Crippen LogP contribution in [0.5, 0.6) is 11.5 Å². The Labute approximate surface area is 149 Å². The molecule has 2 aromatic carbocycles. The van der Waals surface area contributed by atoms with Gasteiger partial charge < -0.3 is 14.8 Å². The highest BCUT2D eigenvalue weighted by molar-refractivity contribution is 14.1. The maximum absolute atomic E-state index is 12.4. The zero-order valence-electron chi connectivity index (χ0n) is 12.8. The minimum atomic E-state index is -0.113. The summed E-state index contributed by atoms with van der Waals surface area (Å²) in [5.74, 6) is 1.43. The van der Waals surface area contributed by atoms with E-state index in [1.165, 1.54) is 0 Å². The maximum atomic E-state index is 12.4. The predicted octanol–water partition coefficient (Wildman–Crippen LogP) is 3.94. The summed E-state index contributed by atoms with van der Waals surface area (Å²) in [6.07, 6.45) is 0.878. The second-order valence-corrected chi connectivity index (χ2v) is 6.71.